The molecule has 2 aromatic heterocycles. The summed E-state index contributed by atoms with van der Waals surface area (Å²) in [5.41, 5.74) is 0.204. The number of anilines is 1. The predicted molar refractivity (Wildman–Crippen MR) is 114 cm³/mol. The third-order valence-corrected chi connectivity index (χ3v) is 5.78. The van der Waals surface area contributed by atoms with Crippen molar-refractivity contribution in [2.24, 2.45) is 0 Å². The molecule has 166 valence electrons. The van der Waals surface area contributed by atoms with E-state index in [2.05, 4.69) is 20.2 Å². The van der Waals surface area contributed by atoms with Gasteiger partial charge in [-0.2, -0.15) is 4.98 Å². The van der Waals surface area contributed by atoms with E-state index in [1.54, 1.807) is 24.3 Å². The molecule has 1 aromatic carbocycles. The summed E-state index contributed by atoms with van der Waals surface area (Å²) in [5, 5.41) is 6.69. The number of nitrogens with one attached hydrogen (secondary N) is 2. The summed E-state index contributed by atoms with van der Waals surface area (Å²) in [4.78, 5) is 16.7. The zero-order chi connectivity index (χ0) is 22.5. The molecule has 0 aliphatic carbocycles. The quantitative estimate of drug-likeness (QED) is 0.515. The molecule has 0 bridgehead atoms. The highest BCUT2D eigenvalue weighted by molar-refractivity contribution is 7.89. The Bertz CT molecular complexity index is 1110. The Labute approximate surface area is 181 Å². The average molecular weight is 447 g/mol. The summed E-state index contributed by atoms with van der Waals surface area (Å²) in [5.74, 6) is 1.40. The topological polar surface area (TPSA) is 127 Å². The standard InChI is InChI=1S/C21H26N4O5S/c1-21(2,3)20-24-19(30-25-20)11-5-10-18(26)23-15-7-4-9-17(13-15)31(27,28)22-14-16-8-6-12-29-16/h4,6-9,12-13,22H,5,10-11,14H2,1-3H3,(H,23,26). The molecule has 3 aromatic rings. The second kappa shape index (κ2) is 9.44. The van der Waals surface area contributed by atoms with Crippen molar-refractivity contribution >= 4 is 21.6 Å². The maximum absolute atomic E-state index is 12.5. The number of hydrogen-bond acceptors (Lipinski definition) is 7. The fraction of sp³-hybridized carbons (Fsp3) is 0.381. The van der Waals surface area contributed by atoms with E-state index in [4.69, 9.17) is 8.94 Å². The number of rotatable bonds is 9. The van der Waals surface area contributed by atoms with Crippen LogP contribution in [0.4, 0.5) is 5.69 Å². The van der Waals surface area contributed by atoms with E-state index in [0.717, 1.165) is 0 Å². The van der Waals surface area contributed by atoms with Gasteiger partial charge in [-0.05, 0) is 36.8 Å². The molecule has 0 radical (unpaired) electrons. The van der Waals surface area contributed by atoms with E-state index in [9.17, 15) is 13.2 Å². The summed E-state index contributed by atoms with van der Waals surface area (Å²) in [6, 6.07) is 9.44. The van der Waals surface area contributed by atoms with Crippen molar-refractivity contribution < 1.29 is 22.2 Å². The maximum atomic E-state index is 12.5. The molecule has 2 N–H and O–H groups in total. The first-order valence-corrected chi connectivity index (χ1v) is 11.4. The van der Waals surface area contributed by atoms with E-state index in [0.29, 0.717) is 36.0 Å². The number of hydrogen-bond donors (Lipinski definition) is 2. The highest BCUT2D eigenvalue weighted by Crippen LogP contribution is 2.19. The molecule has 0 atom stereocenters. The molecule has 2 heterocycles. The van der Waals surface area contributed by atoms with Crippen LogP contribution in [-0.2, 0) is 33.2 Å². The van der Waals surface area contributed by atoms with Crippen LogP contribution in [0.2, 0.25) is 0 Å². The first kappa shape index (κ1) is 22.7. The summed E-state index contributed by atoms with van der Waals surface area (Å²) in [6.45, 7) is 6.03. The number of amides is 1. The normalized spacial score (nSPS) is 12.1. The number of furan rings is 1. The van der Waals surface area contributed by atoms with E-state index in [1.807, 2.05) is 20.8 Å². The maximum Gasteiger partial charge on any atom is 0.241 e. The Morgan fingerprint density at radius 2 is 1.97 bits per heavy atom. The first-order valence-electron chi connectivity index (χ1n) is 9.88. The zero-order valence-corrected chi connectivity index (χ0v) is 18.5. The molecule has 31 heavy (non-hydrogen) atoms. The van der Waals surface area contributed by atoms with Gasteiger partial charge in [-0.1, -0.05) is 32.0 Å². The lowest BCUT2D eigenvalue weighted by Gasteiger charge is -2.10. The van der Waals surface area contributed by atoms with Crippen molar-refractivity contribution in [1.29, 1.82) is 0 Å². The molecule has 10 heteroatoms. The van der Waals surface area contributed by atoms with Gasteiger partial charge in [0.1, 0.15) is 5.76 Å². The Morgan fingerprint density at radius 3 is 2.65 bits per heavy atom. The fourth-order valence-corrected chi connectivity index (χ4v) is 3.73. The van der Waals surface area contributed by atoms with Gasteiger partial charge < -0.3 is 14.3 Å². The van der Waals surface area contributed by atoms with Crippen LogP contribution in [0, 0.1) is 0 Å². The van der Waals surface area contributed by atoms with Crippen molar-refractivity contribution in [3.8, 4) is 0 Å². The van der Waals surface area contributed by atoms with Gasteiger partial charge in [-0.3, -0.25) is 4.79 Å². The summed E-state index contributed by atoms with van der Waals surface area (Å²) in [7, 11) is -3.75. The van der Waals surface area contributed by atoms with Gasteiger partial charge in [-0.25, -0.2) is 13.1 Å². The summed E-state index contributed by atoms with van der Waals surface area (Å²) >= 11 is 0. The molecule has 1 amide bonds. The first-order chi connectivity index (χ1) is 14.6. The van der Waals surface area contributed by atoms with Crippen LogP contribution in [0.25, 0.3) is 0 Å². The highest BCUT2D eigenvalue weighted by atomic mass is 32.2. The van der Waals surface area contributed by atoms with Gasteiger partial charge in [-0.15, -0.1) is 0 Å². The Balaban J connectivity index is 1.51. The number of nitrogens with zero attached hydrogens (tertiary/aromatic N) is 2. The van der Waals surface area contributed by atoms with E-state index in [-0.39, 0.29) is 29.2 Å². The lowest BCUT2D eigenvalue weighted by atomic mass is 9.96. The van der Waals surface area contributed by atoms with Gasteiger partial charge in [0.2, 0.25) is 21.8 Å². The van der Waals surface area contributed by atoms with E-state index >= 15 is 0 Å². The number of sulfonamides is 1. The Kier molecular flexibility index (Phi) is 6.91. The molecule has 3 rings (SSSR count). The second-order valence-corrected chi connectivity index (χ2v) is 9.86. The second-order valence-electron chi connectivity index (χ2n) is 8.10. The molecule has 0 aliphatic heterocycles. The minimum Gasteiger partial charge on any atom is -0.468 e. The molecule has 0 spiro atoms. The van der Waals surface area contributed by atoms with Crippen molar-refractivity contribution in [2.75, 3.05) is 5.32 Å². The minimum absolute atomic E-state index is 0.0402. The fourth-order valence-electron chi connectivity index (χ4n) is 2.69. The molecule has 0 fully saturated rings. The molecular weight excluding hydrogens is 420 g/mol. The third kappa shape index (κ3) is 6.50. The van der Waals surface area contributed by atoms with Crippen molar-refractivity contribution in [2.45, 2.75) is 56.9 Å². The van der Waals surface area contributed by atoms with Gasteiger partial charge in [0.05, 0.1) is 17.7 Å². The van der Waals surface area contributed by atoms with Gasteiger partial charge in [0.25, 0.3) is 0 Å². The number of carbonyl (C=O) groups is 1. The van der Waals surface area contributed by atoms with Crippen LogP contribution < -0.4 is 10.0 Å². The number of aryl methyl sites for hydroxylation is 1. The third-order valence-electron chi connectivity index (χ3n) is 4.38. The van der Waals surface area contributed by atoms with Crippen LogP contribution in [0.5, 0.6) is 0 Å². The van der Waals surface area contributed by atoms with Crippen molar-refractivity contribution in [1.82, 2.24) is 14.9 Å². The Hall–Kier alpha value is -2.98. The lowest BCUT2D eigenvalue weighted by Crippen LogP contribution is -2.23. The van der Waals surface area contributed by atoms with Gasteiger partial charge >= 0.3 is 0 Å². The number of aromatic nitrogens is 2. The number of carbonyl (C=O) groups excluding carboxylic acids is 1. The van der Waals surface area contributed by atoms with Gasteiger partial charge in [0.15, 0.2) is 5.82 Å². The van der Waals surface area contributed by atoms with E-state index in [1.165, 1.54) is 18.4 Å². The van der Waals surface area contributed by atoms with Crippen LogP contribution in [0.15, 0.2) is 56.5 Å². The predicted octanol–water partition coefficient (Wildman–Crippen LogP) is 3.40. The molecule has 0 aliphatic rings. The molecular formula is C21H26N4O5S. The zero-order valence-electron chi connectivity index (χ0n) is 17.7. The largest absolute Gasteiger partial charge is 0.468 e. The molecule has 0 unspecified atom stereocenters. The van der Waals surface area contributed by atoms with Crippen LogP contribution in [0.1, 0.15) is 51.1 Å². The van der Waals surface area contributed by atoms with Crippen LogP contribution in [-0.4, -0.2) is 24.5 Å². The smallest absolute Gasteiger partial charge is 0.241 e. The average Bonchev–Trinajstić information content (AvgIpc) is 3.38. The van der Waals surface area contributed by atoms with Crippen molar-refractivity contribution in [3.63, 3.8) is 0 Å². The molecule has 0 saturated carbocycles. The number of benzene rings is 1. The monoisotopic (exact) mass is 446 g/mol. The SMILES string of the molecule is CC(C)(C)c1noc(CCCC(=O)Nc2cccc(S(=O)(=O)NCc3ccco3)c2)n1. The Morgan fingerprint density at radius 1 is 1.16 bits per heavy atom. The van der Waals surface area contributed by atoms with Crippen molar-refractivity contribution in [3.05, 3.63) is 60.1 Å². The molecule has 0 saturated heterocycles. The van der Waals surface area contributed by atoms with Crippen LogP contribution >= 0.6 is 0 Å². The van der Waals surface area contributed by atoms with E-state index < -0.39 is 10.0 Å². The van der Waals surface area contributed by atoms with Crippen LogP contribution in [0.3, 0.4) is 0 Å². The summed E-state index contributed by atoms with van der Waals surface area (Å²) in [6.07, 6.45) is 2.73. The minimum atomic E-state index is -3.75. The summed E-state index contributed by atoms with van der Waals surface area (Å²) < 4.78 is 37.8. The highest BCUT2D eigenvalue weighted by Gasteiger charge is 2.21. The lowest BCUT2D eigenvalue weighted by molar-refractivity contribution is -0.116. The molecule has 9 nitrogen and oxygen atoms in total. The van der Waals surface area contributed by atoms with Gasteiger partial charge in [0, 0.05) is 23.9 Å².